The molecule has 1 amide bonds. The van der Waals surface area contributed by atoms with Gasteiger partial charge in [-0.15, -0.1) is 0 Å². The predicted molar refractivity (Wildman–Crippen MR) is 103 cm³/mol. The first-order valence-electron chi connectivity index (χ1n) is 8.95. The molecule has 152 valence electrons. The van der Waals surface area contributed by atoms with E-state index in [2.05, 4.69) is 20.6 Å². The van der Waals surface area contributed by atoms with Crippen molar-refractivity contribution in [1.29, 1.82) is 0 Å². The van der Waals surface area contributed by atoms with Crippen molar-refractivity contribution in [3.8, 4) is 11.5 Å². The lowest BCUT2D eigenvalue weighted by Crippen LogP contribution is -2.18. The number of rotatable bonds is 6. The number of hydrogen-bond donors (Lipinski definition) is 2. The first kappa shape index (κ1) is 20.4. The van der Waals surface area contributed by atoms with Gasteiger partial charge in [0.25, 0.3) is 5.91 Å². The summed E-state index contributed by atoms with van der Waals surface area (Å²) in [5, 5.41) is 5.53. The first-order valence-corrected chi connectivity index (χ1v) is 8.95. The number of benzene rings is 1. The maximum Gasteiger partial charge on any atom is 0.452 e. The fraction of sp³-hybridized carbons (Fsp3) is 0.250. The van der Waals surface area contributed by atoms with Gasteiger partial charge in [0, 0.05) is 11.6 Å². The summed E-state index contributed by atoms with van der Waals surface area (Å²) in [5.74, 6) is -2.17. The summed E-state index contributed by atoms with van der Waals surface area (Å²) in [6.45, 7) is 4.01. The van der Waals surface area contributed by atoms with Gasteiger partial charge in [0.15, 0.2) is 5.69 Å². The molecule has 0 spiro atoms. The lowest BCUT2D eigenvalue weighted by Gasteiger charge is -2.12. The summed E-state index contributed by atoms with van der Waals surface area (Å²) in [4.78, 5) is 20.4. The maximum atomic E-state index is 13.4. The minimum atomic E-state index is -4.87. The fourth-order valence-electron chi connectivity index (χ4n) is 2.47. The summed E-state index contributed by atoms with van der Waals surface area (Å²) in [6.07, 6.45) is -2.61. The molecule has 1 unspecified atom stereocenters. The Hall–Kier alpha value is -3.36. The Labute approximate surface area is 165 Å². The zero-order valence-electron chi connectivity index (χ0n) is 15.7. The Bertz CT molecular complexity index is 970. The molecule has 3 aromatic rings. The smallest absolute Gasteiger partial charge is 0.431 e. The van der Waals surface area contributed by atoms with Crippen molar-refractivity contribution in [1.82, 2.24) is 9.97 Å². The predicted octanol–water partition coefficient (Wildman–Crippen LogP) is 5.22. The highest BCUT2D eigenvalue weighted by molar-refractivity contribution is 6.04. The van der Waals surface area contributed by atoms with Gasteiger partial charge in [-0.3, -0.25) is 4.79 Å². The van der Waals surface area contributed by atoms with Gasteiger partial charge in [0.05, 0.1) is 11.9 Å². The number of carbonyl (C=O) groups is 1. The summed E-state index contributed by atoms with van der Waals surface area (Å²) in [7, 11) is 0. The van der Waals surface area contributed by atoms with E-state index in [1.807, 2.05) is 13.8 Å². The number of hydrogen-bond acceptors (Lipinski definition) is 5. The molecular weight excluding hydrogens is 385 g/mol. The molecule has 0 bridgehead atoms. The van der Waals surface area contributed by atoms with E-state index in [1.54, 1.807) is 42.5 Å². The average Bonchev–Trinajstić information content (AvgIpc) is 3.16. The Kier molecular flexibility index (Phi) is 5.86. The van der Waals surface area contributed by atoms with E-state index in [4.69, 9.17) is 4.42 Å². The highest BCUT2D eigenvalue weighted by atomic mass is 19.4. The van der Waals surface area contributed by atoms with E-state index in [9.17, 15) is 18.0 Å². The van der Waals surface area contributed by atoms with Crippen LogP contribution in [-0.4, -0.2) is 21.9 Å². The van der Waals surface area contributed by atoms with Gasteiger partial charge in [0.2, 0.25) is 11.7 Å². The van der Waals surface area contributed by atoms with Crippen LogP contribution in [0.5, 0.6) is 0 Å². The second-order valence-corrected chi connectivity index (χ2v) is 6.40. The van der Waals surface area contributed by atoms with E-state index in [-0.39, 0.29) is 17.6 Å². The van der Waals surface area contributed by atoms with Crippen LogP contribution in [0.1, 0.15) is 36.5 Å². The number of oxazole rings is 1. The van der Waals surface area contributed by atoms with Gasteiger partial charge >= 0.3 is 6.18 Å². The third-order valence-corrected chi connectivity index (χ3v) is 4.15. The summed E-state index contributed by atoms with van der Waals surface area (Å²) >= 11 is 0. The van der Waals surface area contributed by atoms with E-state index < -0.39 is 23.5 Å². The van der Waals surface area contributed by atoms with Gasteiger partial charge in [-0.05, 0) is 37.6 Å². The lowest BCUT2D eigenvalue weighted by atomic mass is 10.2. The van der Waals surface area contributed by atoms with E-state index in [0.717, 1.165) is 6.42 Å². The molecule has 0 aliphatic carbocycles. The number of alkyl halides is 3. The molecule has 9 heteroatoms. The molecule has 2 N–H and O–H groups in total. The second-order valence-electron chi connectivity index (χ2n) is 6.40. The quantitative estimate of drug-likeness (QED) is 0.589. The topological polar surface area (TPSA) is 80.0 Å². The van der Waals surface area contributed by atoms with E-state index in [1.165, 1.54) is 6.20 Å². The minimum Gasteiger partial charge on any atom is -0.431 e. The Balaban J connectivity index is 1.84. The summed E-state index contributed by atoms with van der Waals surface area (Å²) in [6, 6.07) is 11.4. The maximum absolute atomic E-state index is 13.4. The first-order chi connectivity index (χ1) is 13.8. The van der Waals surface area contributed by atoms with Crippen LogP contribution in [0.2, 0.25) is 0 Å². The number of nitrogens with one attached hydrogen (secondary N) is 2. The van der Waals surface area contributed by atoms with Gasteiger partial charge in [-0.25, -0.2) is 9.97 Å². The second kappa shape index (κ2) is 8.34. The molecule has 0 saturated heterocycles. The van der Waals surface area contributed by atoms with Crippen LogP contribution >= 0.6 is 0 Å². The number of carbonyl (C=O) groups excluding carboxylic acids is 1. The number of aromatic nitrogens is 2. The number of pyridine rings is 1. The normalized spacial score (nSPS) is 12.4. The third-order valence-electron chi connectivity index (χ3n) is 4.15. The van der Waals surface area contributed by atoms with E-state index in [0.29, 0.717) is 11.4 Å². The number of anilines is 2. The van der Waals surface area contributed by atoms with Crippen LogP contribution in [-0.2, 0) is 6.18 Å². The SMILES string of the molecule is CCC(C)Nc1ccc(NC(=O)c2nc(-c3ccccc3)oc2C(F)(F)F)cn1. The highest BCUT2D eigenvalue weighted by Gasteiger charge is 2.42. The van der Waals surface area contributed by atoms with Gasteiger partial charge < -0.3 is 15.1 Å². The molecule has 6 nitrogen and oxygen atoms in total. The summed E-state index contributed by atoms with van der Waals surface area (Å²) < 4.78 is 44.9. The van der Waals surface area contributed by atoms with Crippen LogP contribution in [0.4, 0.5) is 24.7 Å². The lowest BCUT2D eigenvalue weighted by molar-refractivity contribution is -0.153. The minimum absolute atomic E-state index is 0.212. The van der Waals surface area contributed by atoms with Crippen molar-refractivity contribution in [2.24, 2.45) is 0 Å². The van der Waals surface area contributed by atoms with Gasteiger partial charge in [-0.1, -0.05) is 25.1 Å². The average molecular weight is 404 g/mol. The number of amides is 1. The molecule has 0 fully saturated rings. The summed E-state index contributed by atoms with van der Waals surface area (Å²) in [5.41, 5.74) is -0.264. The molecular formula is C20H19F3N4O2. The van der Waals surface area contributed by atoms with Crippen LogP contribution < -0.4 is 10.6 Å². The zero-order valence-corrected chi connectivity index (χ0v) is 15.7. The molecule has 0 aliphatic rings. The molecule has 0 aliphatic heterocycles. The van der Waals surface area contributed by atoms with Crippen LogP contribution in [0.15, 0.2) is 53.1 Å². The molecule has 2 heterocycles. The van der Waals surface area contributed by atoms with Crippen molar-refractivity contribution in [2.75, 3.05) is 10.6 Å². The van der Waals surface area contributed by atoms with Gasteiger partial charge in [-0.2, -0.15) is 13.2 Å². The Morgan fingerprint density at radius 2 is 1.90 bits per heavy atom. The monoisotopic (exact) mass is 404 g/mol. The Morgan fingerprint density at radius 1 is 1.17 bits per heavy atom. The Morgan fingerprint density at radius 3 is 2.48 bits per heavy atom. The van der Waals surface area contributed by atoms with Crippen molar-refractivity contribution >= 4 is 17.4 Å². The molecule has 3 rings (SSSR count). The van der Waals surface area contributed by atoms with E-state index >= 15 is 0 Å². The third kappa shape index (κ3) is 4.92. The highest BCUT2D eigenvalue weighted by Crippen LogP contribution is 2.35. The van der Waals surface area contributed by atoms with Crippen molar-refractivity contribution in [3.63, 3.8) is 0 Å². The number of halogens is 3. The standard InChI is InChI=1S/C20H19F3N4O2/c1-3-12(2)25-15-10-9-14(11-24-15)26-18(28)16-17(20(21,22)23)29-19(27-16)13-7-5-4-6-8-13/h4-12H,3H2,1-2H3,(H,24,25)(H,26,28). The zero-order chi connectivity index (χ0) is 21.0. The van der Waals surface area contributed by atoms with Crippen LogP contribution in [0.3, 0.4) is 0 Å². The molecule has 0 saturated carbocycles. The number of nitrogens with zero attached hydrogens (tertiary/aromatic N) is 2. The van der Waals surface area contributed by atoms with Crippen molar-refractivity contribution in [2.45, 2.75) is 32.5 Å². The molecule has 0 radical (unpaired) electrons. The van der Waals surface area contributed by atoms with Crippen molar-refractivity contribution in [3.05, 3.63) is 60.1 Å². The largest absolute Gasteiger partial charge is 0.452 e. The molecule has 29 heavy (non-hydrogen) atoms. The van der Waals surface area contributed by atoms with Crippen molar-refractivity contribution < 1.29 is 22.4 Å². The fourth-order valence-corrected chi connectivity index (χ4v) is 2.47. The van der Waals surface area contributed by atoms with Crippen LogP contribution in [0.25, 0.3) is 11.5 Å². The molecule has 1 aromatic carbocycles. The van der Waals surface area contributed by atoms with Gasteiger partial charge in [0.1, 0.15) is 5.82 Å². The van der Waals surface area contributed by atoms with Crippen LogP contribution in [0, 0.1) is 0 Å². The molecule has 1 atom stereocenters. The molecule has 2 aromatic heterocycles.